The molecule has 1 amide bonds. The van der Waals surface area contributed by atoms with Crippen molar-refractivity contribution in [1.82, 2.24) is 15.1 Å². The highest BCUT2D eigenvalue weighted by Gasteiger charge is 2.57. The fourth-order valence-electron chi connectivity index (χ4n) is 5.15. The second-order valence-electron chi connectivity index (χ2n) is 8.63. The van der Waals surface area contributed by atoms with Gasteiger partial charge in [0.15, 0.2) is 0 Å². The van der Waals surface area contributed by atoms with Crippen LogP contribution in [0.5, 0.6) is 0 Å². The van der Waals surface area contributed by atoms with Gasteiger partial charge in [0.1, 0.15) is 0 Å². The first kappa shape index (κ1) is 18.2. The van der Waals surface area contributed by atoms with Gasteiger partial charge in [0, 0.05) is 44.6 Å². The van der Waals surface area contributed by atoms with Gasteiger partial charge in [-0.1, -0.05) is 13.8 Å². The van der Waals surface area contributed by atoms with E-state index in [9.17, 15) is 4.79 Å². The first-order valence-electron chi connectivity index (χ1n) is 9.73. The zero-order valence-corrected chi connectivity index (χ0v) is 15.9. The molecular weight excluding hydrogens is 302 g/mol. The van der Waals surface area contributed by atoms with Crippen LogP contribution in [0.25, 0.3) is 0 Å². The molecule has 0 aromatic heterocycles. The number of fused-ring (bicyclic) bond motifs is 1. The molecule has 24 heavy (non-hydrogen) atoms. The van der Waals surface area contributed by atoms with Gasteiger partial charge in [0.25, 0.3) is 0 Å². The van der Waals surface area contributed by atoms with Crippen molar-refractivity contribution in [3.05, 3.63) is 0 Å². The van der Waals surface area contributed by atoms with E-state index in [-0.39, 0.29) is 17.4 Å². The Labute approximate surface area is 147 Å². The Bertz CT molecular complexity index is 452. The van der Waals surface area contributed by atoms with Crippen LogP contribution in [0, 0.1) is 11.3 Å². The van der Waals surface area contributed by atoms with E-state index in [4.69, 9.17) is 4.74 Å². The maximum atomic E-state index is 12.2. The predicted octanol–water partition coefficient (Wildman–Crippen LogP) is 1.72. The molecule has 3 aliphatic rings. The van der Waals surface area contributed by atoms with Gasteiger partial charge in [-0.3, -0.25) is 9.69 Å². The van der Waals surface area contributed by atoms with E-state index in [2.05, 4.69) is 24.1 Å². The molecule has 0 radical (unpaired) electrons. The number of carbonyl (C=O) groups excluding carboxylic acids is 1. The largest absolute Gasteiger partial charge is 0.377 e. The van der Waals surface area contributed by atoms with E-state index >= 15 is 0 Å². The Balaban J connectivity index is 1.41. The molecule has 0 aromatic carbocycles. The second-order valence-corrected chi connectivity index (χ2v) is 8.63. The van der Waals surface area contributed by atoms with Crippen LogP contribution in [0.15, 0.2) is 0 Å². The van der Waals surface area contributed by atoms with Crippen molar-refractivity contribution in [2.75, 3.05) is 40.3 Å². The Morgan fingerprint density at radius 3 is 2.83 bits per heavy atom. The molecule has 5 nitrogen and oxygen atoms in total. The Kier molecular flexibility index (Phi) is 5.52. The minimum atomic E-state index is 0.108. The third-order valence-corrected chi connectivity index (χ3v) is 6.41. The van der Waals surface area contributed by atoms with Gasteiger partial charge >= 0.3 is 0 Å². The average molecular weight is 338 g/mol. The topological polar surface area (TPSA) is 44.8 Å². The summed E-state index contributed by atoms with van der Waals surface area (Å²) in [5, 5.41) is 3.80. The van der Waals surface area contributed by atoms with Crippen molar-refractivity contribution in [2.45, 2.75) is 64.1 Å². The zero-order valence-electron chi connectivity index (χ0n) is 15.9. The van der Waals surface area contributed by atoms with Gasteiger partial charge in [-0.15, -0.1) is 0 Å². The lowest BCUT2D eigenvalue weighted by atomic mass is 9.55. The van der Waals surface area contributed by atoms with E-state index in [1.165, 1.54) is 12.8 Å². The summed E-state index contributed by atoms with van der Waals surface area (Å²) in [7, 11) is 3.73. The highest BCUT2D eigenvalue weighted by atomic mass is 16.5. The smallest absolute Gasteiger partial charge is 0.239 e. The highest BCUT2D eigenvalue weighted by Crippen LogP contribution is 2.51. The Morgan fingerprint density at radius 2 is 2.08 bits per heavy atom. The number of likely N-dealkylation sites (N-methyl/N-ethyl adjacent to an activating group) is 1. The van der Waals surface area contributed by atoms with Crippen molar-refractivity contribution >= 4 is 5.91 Å². The molecule has 1 aliphatic carbocycles. The van der Waals surface area contributed by atoms with Crippen LogP contribution in [0.4, 0.5) is 0 Å². The van der Waals surface area contributed by atoms with E-state index in [1.807, 2.05) is 14.1 Å². The number of hydrogen-bond acceptors (Lipinski definition) is 4. The molecule has 1 saturated carbocycles. The van der Waals surface area contributed by atoms with Crippen LogP contribution in [0.1, 0.15) is 46.0 Å². The molecule has 0 unspecified atom stereocenters. The summed E-state index contributed by atoms with van der Waals surface area (Å²) in [6.07, 6.45) is 6.23. The number of carbonyl (C=O) groups is 1. The van der Waals surface area contributed by atoms with Gasteiger partial charge in [-0.25, -0.2) is 0 Å². The number of rotatable bonds is 6. The monoisotopic (exact) mass is 337 g/mol. The number of ether oxygens (including phenoxy) is 1. The molecule has 0 aromatic rings. The third-order valence-electron chi connectivity index (χ3n) is 6.41. The fourth-order valence-corrected chi connectivity index (χ4v) is 5.15. The summed E-state index contributed by atoms with van der Waals surface area (Å²) in [6, 6.07) is 0.692. The van der Waals surface area contributed by atoms with Gasteiger partial charge < -0.3 is 15.0 Å². The summed E-state index contributed by atoms with van der Waals surface area (Å²) in [6.45, 7) is 8.74. The Hall–Kier alpha value is -0.650. The second kappa shape index (κ2) is 7.30. The van der Waals surface area contributed by atoms with E-state index < -0.39 is 0 Å². The van der Waals surface area contributed by atoms with Gasteiger partial charge in [-0.05, 0) is 45.2 Å². The van der Waals surface area contributed by atoms with Crippen LogP contribution < -0.4 is 5.32 Å². The summed E-state index contributed by atoms with van der Waals surface area (Å²) in [5.41, 5.74) is 0.252. The summed E-state index contributed by atoms with van der Waals surface area (Å²) in [4.78, 5) is 16.4. The molecule has 0 spiro atoms. The molecule has 0 bridgehead atoms. The molecule has 1 N–H and O–H groups in total. The van der Waals surface area contributed by atoms with Gasteiger partial charge in [0.2, 0.25) is 5.91 Å². The maximum Gasteiger partial charge on any atom is 0.239 e. The molecule has 138 valence electrons. The number of nitrogens with one attached hydrogen (secondary N) is 1. The summed E-state index contributed by atoms with van der Waals surface area (Å²) in [5.74, 6) is 0.964. The quantitative estimate of drug-likeness (QED) is 0.750. The molecular formula is C19H35N3O2. The van der Waals surface area contributed by atoms with Crippen LogP contribution in [0.3, 0.4) is 0 Å². The standard InChI is InChI=1S/C19H35N3O2/c1-19(2)16(14-8-6-13-24-17(14)19)20-10-7-12-22-11-5-9-15(22)18(23)21(3)4/h14-17,20H,5-13H2,1-4H3/t14-,15-,16+,17-/m0/s1. The predicted molar refractivity (Wildman–Crippen MR) is 95.9 cm³/mol. The lowest BCUT2D eigenvalue weighted by Gasteiger charge is -2.60. The third kappa shape index (κ3) is 3.35. The van der Waals surface area contributed by atoms with Gasteiger partial charge in [-0.2, -0.15) is 0 Å². The SMILES string of the molecule is CN(C)C(=O)[C@@H]1CCCN1CCCN[C@@H]1[C@@H]2CCCO[C@@H]2C1(C)C. The van der Waals surface area contributed by atoms with Crippen molar-refractivity contribution in [3.8, 4) is 0 Å². The number of amides is 1. The van der Waals surface area contributed by atoms with Gasteiger partial charge in [0.05, 0.1) is 12.1 Å². The lowest BCUT2D eigenvalue weighted by Crippen LogP contribution is -2.69. The highest BCUT2D eigenvalue weighted by molar-refractivity contribution is 5.81. The minimum absolute atomic E-state index is 0.108. The maximum absolute atomic E-state index is 12.2. The molecule has 4 atom stereocenters. The molecule has 2 aliphatic heterocycles. The van der Waals surface area contributed by atoms with Crippen molar-refractivity contribution < 1.29 is 9.53 Å². The molecule has 5 heteroatoms. The van der Waals surface area contributed by atoms with Crippen molar-refractivity contribution in [1.29, 1.82) is 0 Å². The fraction of sp³-hybridized carbons (Fsp3) is 0.947. The van der Waals surface area contributed by atoms with Crippen LogP contribution in [-0.2, 0) is 9.53 Å². The van der Waals surface area contributed by atoms with Crippen molar-refractivity contribution in [2.24, 2.45) is 11.3 Å². The van der Waals surface area contributed by atoms with E-state index in [0.29, 0.717) is 18.1 Å². The first-order valence-corrected chi connectivity index (χ1v) is 9.73. The van der Waals surface area contributed by atoms with Crippen LogP contribution >= 0.6 is 0 Å². The number of likely N-dealkylation sites (tertiary alicyclic amines) is 1. The molecule has 3 fully saturated rings. The van der Waals surface area contributed by atoms with E-state index in [1.54, 1.807) is 4.90 Å². The van der Waals surface area contributed by atoms with Crippen molar-refractivity contribution in [3.63, 3.8) is 0 Å². The van der Waals surface area contributed by atoms with Crippen LogP contribution in [0.2, 0.25) is 0 Å². The summed E-state index contributed by atoms with van der Waals surface area (Å²) >= 11 is 0. The first-order chi connectivity index (χ1) is 11.4. The summed E-state index contributed by atoms with van der Waals surface area (Å²) < 4.78 is 5.98. The normalized spacial score (nSPS) is 35.3. The number of nitrogens with zero attached hydrogens (tertiary/aromatic N) is 2. The number of hydrogen-bond donors (Lipinski definition) is 1. The lowest BCUT2D eigenvalue weighted by molar-refractivity contribution is -0.192. The molecule has 2 heterocycles. The average Bonchev–Trinajstić information content (AvgIpc) is 3.02. The molecule has 3 rings (SSSR count). The zero-order chi connectivity index (χ0) is 17.3. The molecule has 2 saturated heterocycles. The van der Waals surface area contributed by atoms with E-state index in [0.717, 1.165) is 45.5 Å². The Morgan fingerprint density at radius 1 is 1.29 bits per heavy atom. The van der Waals surface area contributed by atoms with Crippen LogP contribution in [-0.4, -0.2) is 74.2 Å². The minimum Gasteiger partial charge on any atom is -0.377 e.